The van der Waals surface area contributed by atoms with E-state index < -0.39 is 5.24 Å². The van der Waals surface area contributed by atoms with Crippen molar-refractivity contribution in [3.63, 3.8) is 0 Å². The van der Waals surface area contributed by atoms with E-state index in [1.165, 1.54) is 6.39 Å². The minimum atomic E-state index is -0.530. The topological polar surface area (TPSA) is 43.1 Å². The SMILES string of the molecule is O=C(Cl)c1cccc2ncoc12. The second-order valence-electron chi connectivity index (χ2n) is 2.28. The van der Waals surface area contributed by atoms with Gasteiger partial charge in [0.1, 0.15) is 5.52 Å². The molecule has 0 spiro atoms. The maximum absolute atomic E-state index is 10.8. The van der Waals surface area contributed by atoms with E-state index in [1.54, 1.807) is 18.2 Å². The van der Waals surface area contributed by atoms with Crippen molar-refractivity contribution in [1.82, 2.24) is 4.98 Å². The van der Waals surface area contributed by atoms with Crippen LogP contribution in [0.25, 0.3) is 11.1 Å². The van der Waals surface area contributed by atoms with E-state index in [2.05, 4.69) is 4.98 Å². The van der Waals surface area contributed by atoms with Crippen LogP contribution < -0.4 is 0 Å². The van der Waals surface area contributed by atoms with Crippen LogP contribution in [0.2, 0.25) is 0 Å². The maximum Gasteiger partial charge on any atom is 0.256 e. The fourth-order valence-electron chi connectivity index (χ4n) is 1.04. The lowest BCUT2D eigenvalue weighted by molar-refractivity contribution is 0.108. The molecule has 0 saturated carbocycles. The summed E-state index contributed by atoms with van der Waals surface area (Å²) in [6.07, 6.45) is 1.29. The number of aromatic nitrogens is 1. The molecule has 0 N–H and O–H groups in total. The first-order valence-electron chi connectivity index (χ1n) is 3.31. The van der Waals surface area contributed by atoms with E-state index in [1.807, 2.05) is 0 Å². The first kappa shape index (κ1) is 7.31. The molecule has 0 radical (unpaired) electrons. The van der Waals surface area contributed by atoms with E-state index >= 15 is 0 Å². The number of benzene rings is 1. The summed E-state index contributed by atoms with van der Waals surface area (Å²) >= 11 is 5.31. The molecule has 0 aliphatic heterocycles. The number of carbonyl (C=O) groups is 1. The van der Waals surface area contributed by atoms with Gasteiger partial charge in [0.05, 0.1) is 5.56 Å². The van der Waals surface area contributed by atoms with Crippen molar-refractivity contribution in [3.8, 4) is 0 Å². The highest BCUT2D eigenvalue weighted by molar-refractivity contribution is 6.68. The quantitative estimate of drug-likeness (QED) is 0.634. The molecule has 3 nitrogen and oxygen atoms in total. The molecule has 0 aliphatic rings. The van der Waals surface area contributed by atoms with E-state index in [0.29, 0.717) is 16.7 Å². The van der Waals surface area contributed by atoms with Gasteiger partial charge in [0.2, 0.25) is 0 Å². The molecule has 0 atom stereocenters. The van der Waals surface area contributed by atoms with Crippen molar-refractivity contribution in [3.05, 3.63) is 30.2 Å². The fourth-order valence-corrected chi connectivity index (χ4v) is 1.19. The van der Waals surface area contributed by atoms with Crippen LogP contribution >= 0.6 is 11.6 Å². The standard InChI is InChI=1S/C8H4ClNO2/c9-8(11)5-2-1-3-6-7(5)12-4-10-6/h1-4H. The van der Waals surface area contributed by atoms with Gasteiger partial charge in [-0.25, -0.2) is 4.98 Å². The summed E-state index contributed by atoms with van der Waals surface area (Å²) in [5.41, 5.74) is 1.44. The van der Waals surface area contributed by atoms with Gasteiger partial charge in [-0.3, -0.25) is 4.79 Å². The van der Waals surface area contributed by atoms with Crippen molar-refractivity contribution >= 4 is 27.9 Å². The number of hydrogen-bond donors (Lipinski definition) is 0. The molecule has 0 amide bonds. The number of carbonyl (C=O) groups excluding carboxylic acids is 1. The van der Waals surface area contributed by atoms with Gasteiger partial charge in [0, 0.05) is 0 Å². The zero-order chi connectivity index (χ0) is 8.55. The Morgan fingerprint density at radius 2 is 2.33 bits per heavy atom. The summed E-state index contributed by atoms with van der Waals surface area (Å²) in [5.74, 6) is 0. The third-order valence-electron chi connectivity index (χ3n) is 1.57. The van der Waals surface area contributed by atoms with Crippen LogP contribution in [0, 0.1) is 0 Å². The smallest absolute Gasteiger partial charge is 0.256 e. The summed E-state index contributed by atoms with van der Waals surface area (Å²) in [5, 5.41) is -0.530. The number of nitrogens with zero attached hydrogens (tertiary/aromatic N) is 1. The minimum absolute atomic E-state index is 0.353. The van der Waals surface area contributed by atoms with Crippen LogP contribution in [0.1, 0.15) is 10.4 Å². The van der Waals surface area contributed by atoms with Crippen LogP contribution in [0.5, 0.6) is 0 Å². The Morgan fingerprint density at radius 1 is 1.50 bits per heavy atom. The highest BCUT2D eigenvalue weighted by Crippen LogP contribution is 2.18. The number of fused-ring (bicyclic) bond motifs is 1. The second kappa shape index (κ2) is 2.60. The second-order valence-corrected chi connectivity index (χ2v) is 2.62. The van der Waals surface area contributed by atoms with Crippen molar-refractivity contribution in [2.45, 2.75) is 0 Å². The molecule has 2 aromatic rings. The first-order valence-corrected chi connectivity index (χ1v) is 3.69. The Hall–Kier alpha value is -1.35. The van der Waals surface area contributed by atoms with Crippen LogP contribution in [0.4, 0.5) is 0 Å². The molecule has 1 heterocycles. The molecule has 4 heteroatoms. The van der Waals surface area contributed by atoms with Gasteiger partial charge in [-0.1, -0.05) is 6.07 Å². The molecule has 60 valence electrons. The first-order chi connectivity index (χ1) is 5.79. The van der Waals surface area contributed by atoms with Crippen molar-refractivity contribution in [1.29, 1.82) is 0 Å². The molecular formula is C8H4ClNO2. The maximum atomic E-state index is 10.8. The Morgan fingerprint density at radius 3 is 3.08 bits per heavy atom. The highest BCUT2D eigenvalue weighted by Gasteiger charge is 2.09. The zero-order valence-electron chi connectivity index (χ0n) is 5.95. The number of hydrogen-bond acceptors (Lipinski definition) is 3. The van der Waals surface area contributed by atoms with Crippen LogP contribution in [0.3, 0.4) is 0 Å². The Kier molecular flexibility index (Phi) is 1.59. The lowest BCUT2D eigenvalue weighted by Gasteiger charge is -1.91. The van der Waals surface area contributed by atoms with Gasteiger partial charge in [0.15, 0.2) is 12.0 Å². The average molecular weight is 182 g/mol. The number of para-hydroxylation sites is 1. The minimum Gasteiger partial charge on any atom is -0.443 e. The molecule has 0 unspecified atom stereocenters. The summed E-state index contributed by atoms with van der Waals surface area (Å²) in [6.45, 7) is 0. The molecule has 0 fully saturated rings. The largest absolute Gasteiger partial charge is 0.443 e. The van der Waals surface area contributed by atoms with E-state index in [4.69, 9.17) is 16.0 Å². The summed E-state index contributed by atoms with van der Waals surface area (Å²) in [7, 11) is 0. The molecule has 1 aromatic carbocycles. The molecule has 2 rings (SSSR count). The van der Waals surface area contributed by atoms with Crippen molar-refractivity contribution in [2.75, 3.05) is 0 Å². The Bertz CT molecular complexity index is 435. The summed E-state index contributed by atoms with van der Waals surface area (Å²) in [6, 6.07) is 5.06. The Labute approximate surface area is 73.0 Å². The summed E-state index contributed by atoms with van der Waals surface area (Å²) in [4.78, 5) is 14.7. The number of halogens is 1. The fraction of sp³-hybridized carbons (Fsp3) is 0. The monoisotopic (exact) mass is 181 g/mol. The van der Waals surface area contributed by atoms with Crippen molar-refractivity contribution in [2.24, 2.45) is 0 Å². The van der Waals surface area contributed by atoms with Crippen LogP contribution in [-0.2, 0) is 0 Å². The molecule has 0 aliphatic carbocycles. The third kappa shape index (κ3) is 0.987. The van der Waals surface area contributed by atoms with Crippen molar-refractivity contribution < 1.29 is 9.21 Å². The predicted octanol–water partition coefficient (Wildman–Crippen LogP) is 2.21. The zero-order valence-corrected chi connectivity index (χ0v) is 6.71. The van der Waals surface area contributed by atoms with Crippen LogP contribution in [0.15, 0.2) is 29.0 Å². The van der Waals surface area contributed by atoms with Gasteiger partial charge in [-0.2, -0.15) is 0 Å². The molecule has 0 bridgehead atoms. The summed E-state index contributed by atoms with van der Waals surface area (Å²) < 4.78 is 4.99. The molecule has 0 saturated heterocycles. The van der Waals surface area contributed by atoms with E-state index in [9.17, 15) is 4.79 Å². The van der Waals surface area contributed by atoms with Crippen LogP contribution in [-0.4, -0.2) is 10.2 Å². The third-order valence-corrected chi connectivity index (χ3v) is 1.77. The normalized spacial score (nSPS) is 10.4. The van der Waals surface area contributed by atoms with Gasteiger partial charge in [-0.05, 0) is 23.7 Å². The van der Waals surface area contributed by atoms with E-state index in [0.717, 1.165) is 0 Å². The lowest BCUT2D eigenvalue weighted by Crippen LogP contribution is -1.87. The van der Waals surface area contributed by atoms with Gasteiger partial charge in [-0.15, -0.1) is 0 Å². The molecule has 12 heavy (non-hydrogen) atoms. The van der Waals surface area contributed by atoms with Gasteiger partial charge in [0.25, 0.3) is 5.24 Å². The number of oxazole rings is 1. The Balaban J connectivity index is 2.82. The molecule has 1 aromatic heterocycles. The van der Waals surface area contributed by atoms with E-state index in [-0.39, 0.29) is 0 Å². The average Bonchev–Trinajstić information content (AvgIpc) is 2.49. The lowest BCUT2D eigenvalue weighted by atomic mass is 10.2. The molecular weight excluding hydrogens is 178 g/mol. The number of rotatable bonds is 1. The van der Waals surface area contributed by atoms with Gasteiger partial charge >= 0.3 is 0 Å². The van der Waals surface area contributed by atoms with Gasteiger partial charge < -0.3 is 4.42 Å². The predicted molar refractivity (Wildman–Crippen MR) is 44.2 cm³/mol. The highest BCUT2D eigenvalue weighted by atomic mass is 35.5.